The van der Waals surface area contributed by atoms with Gasteiger partial charge in [-0.05, 0) is 54.8 Å². The van der Waals surface area contributed by atoms with Crippen LogP contribution in [0.3, 0.4) is 0 Å². The summed E-state index contributed by atoms with van der Waals surface area (Å²) in [5.74, 6) is 0.307. The Labute approximate surface area is 133 Å². The Morgan fingerprint density at radius 3 is 2.48 bits per heavy atom. The molecule has 0 fully saturated rings. The van der Waals surface area contributed by atoms with Gasteiger partial charge in [0.15, 0.2) is 6.61 Å². The number of rotatable bonds is 5. The predicted molar refractivity (Wildman–Crippen MR) is 85.3 cm³/mol. The lowest BCUT2D eigenvalue weighted by Crippen LogP contribution is -2.14. The first-order valence-corrected chi connectivity index (χ1v) is 7.43. The van der Waals surface area contributed by atoms with Crippen molar-refractivity contribution >= 4 is 21.9 Å². The molecule has 0 heterocycles. The number of ether oxygens (including phenoxy) is 2. The zero-order valence-electron chi connectivity index (χ0n) is 12.1. The Bertz CT molecular complexity index is 617. The third-order valence-corrected chi connectivity index (χ3v) is 3.33. The van der Waals surface area contributed by atoms with Crippen molar-refractivity contribution in [3.63, 3.8) is 0 Å². The number of esters is 1. The van der Waals surface area contributed by atoms with E-state index < -0.39 is 0 Å². The minimum Gasteiger partial charge on any atom is -0.482 e. The van der Waals surface area contributed by atoms with E-state index in [4.69, 9.17) is 9.47 Å². The van der Waals surface area contributed by atoms with Crippen molar-refractivity contribution in [1.82, 2.24) is 0 Å². The van der Waals surface area contributed by atoms with Crippen molar-refractivity contribution in [2.45, 2.75) is 20.5 Å². The van der Waals surface area contributed by atoms with E-state index in [1.807, 2.05) is 50.2 Å². The zero-order valence-corrected chi connectivity index (χ0v) is 13.6. The molecule has 0 saturated carbocycles. The van der Waals surface area contributed by atoms with Gasteiger partial charge in [-0.3, -0.25) is 0 Å². The molecule has 0 spiro atoms. The molecular formula is C17H17BrO3. The molecule has 0 N–H and O–H groups in total. The van der Waals surface area contributed by atoms with Gasteiger partial charge in [0.2, 0.25) is 0 Å². The van der Waals surface area contributed by atoms with E-state index in [0.717, 1.165) is 21.2 Å². The topological polar surface area (TPSA) is 35.5 Å². The van der Waals surface area contributed by atoms with E-state index in [9.17, 15) is 4.79 Å². The second-order valence-electron chi connectivity index (χ2n) is 4.90. The molecule has 0 radical (unpaired) electrons. The van der Waals surface area contributed by atoms with Crippen molar-refractivity contribution in [1.29, 1.82) is 0 Å². The smallest absolute Gasteiger partial charge is 0.344 e. The zero-order chi connectivity index (χ0) is 15.2. The highest BCUT2D eigenvalue weighted by molar-refractivity contribution is 9.10. The lowest BCUT2D eigenvalue weighted by molar-refractivity contribution is -0.147. The van der Waals surface area contributed by atoms with E-state index >= 15 is 0 Å². The lowest BCUT2D eigenvalue weighted by Gasteiger charge is -2.09. The summed E-state index contributed by atoms with van der Waals surface area (Å²) in [4.78, 5) is 11.7. The minimum absolute atomic E-state index is 0.0864. The molecule has 110 valence electrons. The Balaban J connectivity index is 1.82. The molecular weight excluding hydrogens is 332 g/mol. The van der Waals surface area contributed by atoms with Gasteiger partial charge in [-0.1, -0.05) is 34.1 Å². The maximum atomic E-state index is 11.7. The second-order valence-corrected chi connectivity index (χ2v) is 5.82. The van der Waals surface area contributed by atoms with Crippen LogP contribution in [0.2, 0.25) is 0 Å². The van der Waals surface area contributed by atoms with E-state index in [-0.39, 0.29) is 19.2 Å². The molecule has 0 aliphatic heterocycles. The fraction of sp³-hybridized carbons (Fsp3) is 0.235. The molecule has 0 unspecified atom stereocenters. The highest BCUT2D eigenvalue weighted by atomic mass is 79.9. The second kappa shape index (κ2) is 7.27. The summed E-state index contributed by atoms with van der Waals surface area (Å²) in [6, 6.07) is 13.5. The van der Waals surface area contributed by atoms with Crippen molar-refractivity contribution in [3.05, 3.63) is 63.6 Å². The van der Waals surface area contributed by atoms with Crippen LogP contribution >= 0.6 is 15.9 Å². The van der Waals surface area contributed by atoms with Crippen molar-refractivity contribution in [2.24, 2.45) is 0 Å². The van der Waals surface area contributed by atoms with Gasteiger partial charge in [0.25, 0.3) is 0 Å². The highest BCUT2D eigenvalue weighted by Crippen LogP contribution is 2.16. The van der Waals surface area contributed by atoms with Gasteiger partial charge >= 0.3 is 5.97 Å². The van der Waals surface area contributed by atoms with Crippen LogP contribution in [-0.4, -0.2) is 12.6 Å². The van der Waals surface area contributed by atoms with Gasteiger partial charge in [-0.2, -0.15) is 0 Å². The van der Waals surface area contributed by atoms with Crippen LogP contribution < -0.4 is 4.74 Å². The Hall–Kier alpha value is -1.81. The van der Waals surface area contributed by atoms with Gasteiger partial charge in [-0.25, -0.2) is 4.79 Å². The first-order chi connectivity index (χ1) is 10.0. The Morgan fingerprint density at radius 1 is 1.10 bits per heavy atom. The van der Waals surface area contributed by atoms with Crippen LogP contribution in [0.1, 0.15) is 16.7 Å². The quantitative estimate of drug-likeness (QED) is 0.760. The molecule has 0 aliphatic carbocycles. The van der Waals surface area contributed by atoms with Gasteiger partial charge < -0.3 is 9.47 Å². The normalized spacial score (nSPS) is 10.2. The van der Waals surface area contributed by atoms with Crippen LogP contribution in [0.15, 0.2) is 46.9 Å². The van der Waals surface area contributed by atoms with Crippen LogP contribution in [0.25, 0.3) is 0 Å². The van der Waals surface area contributed by atoms with E-state index in [1.54, 1.807) is 0 Å². The van der Waals surface area contributed by atoms with Gasteiger partial charge in [0.1, 0.15) is 12.4 Å². The Kier molecular flexibility index (Phi) is 5.39. The largest absolute Gasteiger partial charge is 0.482 e. The van der Waals surface area contributed by atoms with E-state index in [0.29, 0.717) is 5.75 Å². The third kappa shape index (κ3) is 5.23. The van der Waals surface area contributed by atoms with E-state index in [2.05, 4.69) is 22.0 Å². The maximum Gasteiger partial charge on any atom is 0.344 e. The number of hydrogen-bond acceptors (Lipinski definition) is 3. The van der Waals surface area contributed by atoms with Crippen molar-refractivity contribution in [2.75, 3.05) is 6.61 Å². The molecule has 0 aromatic heterocycles. The molecule has 0 aliphatic rings. The SMILES string of the molecule is Cc1cc(C)cc(OCC(=O)OCc2cccc(Br)c2)c1. The molecule has 2 aromatic carbocycles. The van der Waals surface area contributed by atoms with Gasteiger partial charge in [0.05, 0.1) is 0 Å². The lowest BCUT2D eigenvalue weighted by atomic mass is 10.1. The van der Waals surface area contributed by atoms with Crippen molar-refractivity contribution in [3.8, 4) is 5.75 Å². The number of halogens is 1. The minimum atomic E-state index is -0.380. The third-order valence-electron chi connectivity index (χ3n) is 2.84. The number of carbonyl (C=O) groups is 1. The summed E-state index contributed by atoms with van der Waals surface area (Å²) in [5, 5.41) is 0. The van der Waals surface area contributed by atoms with Gasteiger partial charge in [-0.15, -0.1) is 0 Å². The molecule has 3 nitrogen and oxygen atoms in total. The fourth-order valence-electron chi connectivity index (χ4n) is 1.99. The molecule has 4 heteroatoms. The van der Waals surface area contributed by atoms with Crippen LogP contribution in [0.4, 0.5) is 0 Å². The number of aryl methyl sites for hydroxylation is 2. The summed E-state index contributed by atoms with van der Waals surface area (Å²) < 4.78 is 11.6. The van der Waals surface area contributed by atoms with Gasteiger partial charge in [0, 0.05) is 4.47 Å². The number of hydrogen-bond donors (Lipinski definition) is 0. The number of benzene rings is 2. The van der Waals surface area contributed by atoms with Crippen LogP contribution in [0.5, 0.6) is 5.75 Å². The molecule has 21 heavy (non-hydrogen) atoms. The summed E-state index contributed by atoms with van der Waals surface area (Å²) in [7, 11) is 0. The molecule has 0 amide bonds. The molecule has 0 bridgehead atoms. The average molecular weight is 349 g/mol. The highest BCUT2D eigenvalue weighted by Gasteiger charge is 2.06. The van der Waals surface area contributed by atoms with E-state index in [1.165, 1.54) is 0 Å². The van der Waals surface area contributed by atoms with Crippen molar-refractivity contribution < 1.29 is 14.3 Å². The van der Waals surface area contributed by atoms with Crippen LogP contribution in [0, 0.1) is 13.8 Å². The molecule has 0 saturated heterocycles. The maximum absolute atomic E-state index is 11.7. The summed E-state index contributed by atoms with van der Waals surface area (Å²) in [6.07, 6.45) is 0. The monoisotopic (exact) mass is 348 g/mol. The summed E-state index contributed by atoms with van der Waals surface area (Å²) in [5.41, 5.74) is 3.14. The summed E-state index contributed by atoms with van der Waals surface area (Å²) in [6.45, 7) is 4.14. The summed E-state index contributed by atoms with van der Waals surface area (Å²) >= 11 is 3.38. The first-order valence-electron chi connectivity index (χ1n) is 6.64. The Morgan fingerprint density at radius 2 is 1.81 bits per heavy atom. The first kappa shape index (κ1) is 15.6. The fourth-order valence-corrected chi connectivity index (χ4v) is 2.44. The number of carbonyl (C=O) groups excluding carboxylic acids is 1. The molecule has 0 atom stereocenters. The standard InChI is InChI=1S/C17H17BrO3/c1-12-6-13(2)8-16(7-12)20-11-17(19)21-10-14-4-3-5-15(18)9-14/h3-9H,10-11H2,1-2H3. The molecule has 2 rings (SSSR count). The molecule has 2 aromatic rings. The average Bonchev–Trinajstić information content (AvgIpc) is 2.42. The van der Waals surface area contributed by atoms with Crippen LogP contribution in [-0.2, 0) is 16.1 Å². The predicted octanol–water partition coefficient (Wildman–Crippen LogP) is 4.19.